The summed E-state index contributed by atoms with van der Waals surface area (Å²) in [4.78, 5) is 14.8. The Balaban J connectivity index is 2.44. The molecule has 110 valence electrons. The van der Waals surface area contributed by atoms with Crippen LogP contribution in [0.5, 0.6) is 0 Å². The molecule has 0 amide bonds. The Morgan fingerprint density at radius 1 is 1.29 bits per heavy atom. The first-order valence-corrected chi connectivity index (χ1v) is 8.11. The van der Waals surface area contributed by atoms with E-state index in [-0.39, 0.29) is 21.2 Å². The summed E-state index contributed by atoms with van der Waals surface area (Å²) in [5, 5.41) is 9.28. The molecule has 1 aromatic carbocycles. The summed E-state index contributed by atoms with van der Waals surface area (Å²) >= 11 is 8.83. The lowest BCUT2D eigenvalue weighted by Gasteiger charge is -2.10. The van der Waals surface area contributed by atoms with Gasteiger partial charge in [-0.15, -0.1) is 0 Å². The Morgan fingerprint density at radius 3 is 2.62 bits per heavy atom. The molecule has 0 saturated heterocycles. The summed E-state index contributed by atoms with van der Waals surface area (Å²) in [6, 6.07) is 5.20. The van der Waals surface area contributed by atoms with Crippen LogP contribution >= 0.6 is 27.5 Å². The van der Waals surface area contributed by atoms with Gasteiger partial charge in [-0.3, -0.25) is 9.71 Å². The van der Waals surface area contributed by atoms with Gasteiger partial charge in [-0.2, -0.15) is 0 Å². The third-order valence-electron chi connectivity index (χ3n) is 2.45. The first kappa shape index (κ1) is 15.7. The quantitative estimate of drug-likeness (QED) is 0.835. The summed E-state index contributed by atoms with van der Waals surface area (Å²) in [5.74, 6) is -1.29. The maximum atomic E-state index is 12.2. The summed E-state index contributed by atoms with van der Waals surface area (Å²) in [6.07, 6.45) is 2.59. The highest BCUT2D eigenvalue weighted by atomic mass is 79.9. The van der Waals surface area contributed by atoms with Crippen molar-refractivity contribution in [2.75, 3.05) is 4.72 Å². The lowest BCUT2D eigenvalue weighted by molar-refractivity contribution is 0.0698. The zero-order valence-electron chi connectivity index (χ0n) is 10.2. The molecule has 0 radical (unpaired) electrons. The van der Waals surface area contributed by atoms with Crippen LogP contribution in [0.1, 0.15) is 10.4 Å². The normalized spacial score (nSPS) is 11.1. The van der Waals surface area contributed by atoms with E-state index in [9.17, 15) is 13.2 Å². The zero-order valence-corrected chi connectivity index (χ0v) is 13.4. The van der Waals surface area contributed by atoms with Gasteiger partial charge in [-0.1, -0.05) is 11.6 Å². The first-order chi connectivity index (χ1) is 9.79. The predicted octanol–water partition coefficient (Wildman–Crippen LogP) is 3.00. The summed E-state index contributed by atoms with van der Waals surface area (Å²) in [7, 11) is -3.95. The van der Waals surface area contributed by atoms with E-state index < -0.39 is 16.0 Å². The number of sulfonamides is 1. The minimum atomic E-state index is -3.95. The number of benzene rings is 1. The molecule has 6 nitrogen and oxygen atoms in total. The van der Waals surface area contributed by atoms with E-state index >= 15 is 0 Å². The third kappa shape index (κ3) is 3.72. The molecule has 0 aliphatic heterocycles. The largest absolute Gasteiger partial charge is 0.478 e. The van der Waals surface area contributed by atoms with Crippen molar-refractivity contribution in [3.63, 3.8) is 0 Å². The van der Waals surface area contributed by atoms with Crippen molar-refractivity contribution >= 4 is 49.2 Å². The Labute approximate surface area is 134 Å². The molecule has 0 spiro atoms. The van der Waals surface area contributed by atoms with Gasteiger partial charge >= 0.3 is 5.97 Å². The summed E-state index contributed by atoms with van der Waals surface area (Å²) < 4.78 is 27.1. The molecule has 0 bridgehead atoms. The van der Waals surface area contributed by atoms with Crippen LogP contribution in [-0.2, 0) is 10.0 Å². The lowest BCUT2D eigenvalue weighted by atomic mass is 10.2. The molecule has 0 saturated carbocycles. The molecule has 2 N–H and O–H groups in total. The fourth-order valence-electron chi connectivity index (χ4n) is 1.53. The number of halogens is 2. The molecule has 0 atom stereocenters. The average molecular weight is 392 g/mol. The molecular formula is C12H8BrClN2O4S. The number of nitrogens with zero attached hydrogens (tertiary/aromatic N) is 1. The number of nitrogens with one attached hydrogen (secondary N) is 1. The average Bonchev–Trinajstić information content (AvgIpc) is 2.40. The van der Waals surface area contributed by atoms with E-state index in [1.165, 1.54) is 30.5 Å². The number of carboxylic acid groups (broad SMARTS) is 1. The fourth-order valence-corrected chi connectivity index (χ4v) is 3.28. The van der Waals surface area contributed by atoms with Crippen LogP contribution in [0, 0.1) is 0 Å². The number of hydrogen-bond acceptors (Lipinski definition) is 4. The van der Waals surface area contributed by atoms with Gasteiger partial charge in [0.25, 0.3) is 10.0 Å². The number of rotatable bonds is 4. The molecule has 0 unspecified atom stereocenters. The van der Waals surface area contributed by atoms with Gasteiger partial charge in [-0.25, -0.2) is 13.2 Å². The van der Waals surface area contributed by atoms with E-state index in [1.54, 1.807) is 0 Å². The smallest absolute Gasteiger partial charge is 0.337 e. The van der Waals surface area contributed by atoms with Crippen LogP contribution in [0.4, 0.5) is 5.69 Å². The molecule has 0 aliphatic rings. The van der Waals surface area contributed by atoms with Gasteiger partial charge in [0.1, 0.15) is 4.90 Å². The molecule has 0 aliphatic carbocycles. The van der Waals surface area contributed by atoms with E-state index in [1.807, 2.05) is 0 Å². The first-order valence-electron chi connectivity index (χ1n) is 5.46. The number of aromatic nitrogens is 1. The van der Waals surface area contributed by atoms with E-state index in [4.69, 9.17) is 16.7 Å². The number of hydrogen-bond donors (Lipinski definition) is 2. The van der Waals surface area contributed by atoms with Gasteiger partial charge in [-0.05, 0) is 40.2 Å². The Hall–Kier alpha value is -1.64. The van der Waals surface area contributed by atoms with Crippen LogP contribution in [0.25, 0.3) is 0 Å². The van der Waals surface area contributed by atoms with Gasteiger partial charge in [0.15, 0.2) is 0 Å². The molecule has 21 heavy (non-hydrogen) atoms. The highest BCUT2D eigenvalue weighted by Gasteiger charge is 2.19. The zero-order chi connectivity index (χ0) is 15.6. The van der Waals surface area contributed by atoms with Crippen molar-refractivity contribution in [1.82, 2.24) is 4.98 Å². The fraction of sp³-hybridized carbons (Fsp3) is 0. The highest BCUT2D eigenvalue weighted by molar-refractivity contribution is 9.10. The highest BCUT2D eigenvalue weighted by Crippen LogP contribution is 2.24. The number of aromatic carboxylic acids is 1. The van der Waals surface area contributed by atoms with Gasteiger partial charge in [0, 0.05) is 21.9 Å². The number of carbonyl (C=O) groups is 1. The minimum Gasteiger partial charge on any atom is -0.478 e. The molecule has 1 heterocycles. The van der Waals surface area contributed by atoms with Crippen molar-refractivity contribution < 1.29 is 18.3 Å². The SMILES string of the molecule is O=C(O)c1cc(Cl)ccc1NS(=O)(=O)c1cncc(Br)c1. The number of carboxylic acids is 1. The minimum absolute atomic E-state index is 0.0770. The molecule has 1 aromatic heterocycles. The van der Waals surface area contributed by atoms with Crippen molar-refractivity contribution in [1.29, 1.82) is 0 Å². The van der Waals surface area contributed by atoms with Crippen LogP contribution < -0.4 is 4.72 Å². The van der Waals surface area contributed by atoms with Crippen LogP contribution in [0.2, 0.25) is 5.02 Å². The van der Waals surface area contributed by atoms with Crippen LogP contribution in [0.15, 0.2) is 46.0 Å². The maximum Gasteiger partial charge on any atom is 0.337 e. The lowest BCUT2D eigenvalue weighted by Crippen LogP contribution is -2.15. The van der Waals surface area contributed by atoms with Crippen LogP contribution in [-0.4, -0.2) is 24.5 Å². The van der Waals surface area contributed by atoms with E-state index in [0.717, 1.165) is 6.20 Å². The summed E-state index contributed by atoms with van der Waals surface area (Å²) in [5.41, 5.74) is -0.319. The second-order valence-corrected chi connectivity index (χ2v) is 6.97. The standard InChI is InChI=1S/C12H8BrClN2O4S/c13-7-3-9(6-15-5-7)21(19,20)16-11-2-1-8(14)4-10(11)12(17)18/h1-6,16H,(H,17,18). The molecule has 2 aromatic rings. The van der Waals surface area contributed by atoms with Gasteiger partial charge in [0.2, 0.25) is 0 Å². The Bertz CT molecular complexity index is 811. The molecular weight excluding hydrogens is 384 g/mol. The van der Waals surface area contributed by atoms with Crippen molar-refractivity contribution in [3.05, 3.63) is 51.7 Å². The van der Waals surface area contributed by atoms with Crippen molar-refractivity contribution in [2.45, 2.75) is 4.90 Å². The Morgan fingerprint density at radius 2 is 2.00 bits per heavy atom. The van der Waals surface area contributed by atoms with E-state index in [0.29, 0.717) is 4.47 Å². The number of anilines is 1. The van der Waals surface area contributed by atoms with Gasteiger partial charge in [0.05, 0.1) is 11.3 Å². The topological polar surface area (TPSA) is 96.4 Å². The molecule has 9 heteroatoms. The summed E-state index contributed by atoms with van der Waals surface area (Å²) in [6.45, 7) is 0. The second kappa shape index (κ2) is 6.00. The molecule has 0 fully saturated rings. The Kier molecular flexibility index (Phi) is 4.50. The van der Waals surface area contributed by atoms with E-state index in [2.05, 4.69) is 25.6 Å². The second-order valence-electron chi connectivity index (χ2n) is 3.94. The monoisotopic (exact) mass is 390 g/mol. The maximum absolute atomic E-state index is 12.2. The number of pyridine rings is 1. The van der Waals surface area contributed by atoms with Crippen molar-refractivity contribution in [2.24, 2.45) is 0 Å². The van der Waals surface area contributed by atoms with Crippen LogP contribution in [0.3, 0.4) is 0 Å². The predicted molar refractivity (Wildman–Crippen MR) is 81.2 cm³/mol. The third-order valence-corrected chi connectivity index (χ3v) is 4.45. The molecule has 2 rings (SSSR count). The van der Waals surface area contributed by atoms with Gasteiger partial charge < -0.3 is 5.11 Å². The van der Waals surface area contributed by atoms with Crippen molar-refractivity contribution in [3.8, 4) is 0 Å².